The van der Waals surface area contributed by atoms with Crippen molar-refractivity contribution < 1.29 is 5.21 Å². The van der Waals surface area contributed by atoms with Crippen LogP contribution in [0.4, 0.5) is 5.82 Å². The summed E-state index contributed by atoms with van der Waals surface area (Å²) in [5.74, 6) is 1.60. The van der Waals surface area contributed by atoms with Gasteiger partial charge >= 0.3 is 0 Å². The summed E-state index contributed by atoms with van der Waals surface area (Å²) >= 11 is 0. The van der Waals surface area contributed by atoms with Crippen molar-refractivity contribution >= 4 is 11.7 Å². The molecule has 0 amide bonds. The predicted octanol–water partition coefficient (Wildman–Crippen LogP) is 0.209. The van der Waals surface area contributed by atoms with Crippen LogP contribution < -0.4 is 10.6 Å². The molecule has 1 aromatic heterocycles. The maximum absolute atomic E-state index is 8.98. The van der Waals surface area contributed by atoms with Gasteiger partial charge < -0.3 is 20.7 Å². The average molecular weight is 280 g/mol. The van der Waals surface area contributed by atoms with E-state index in [0.29, 0.717) is 12.0 Å². The Kier molecular flexibility index (Phi) is 3.89. The molecular formula is C13H24N6O. The van der Waals surface area contributed by atoms with Gasteiger partial charge in [0.2, 0.25) is 0 Å². The maximum Gasteiger partial charge on any atom is 0.175 e. The van der Waals surface area contributed by atoms with Gasteiger partial charge in [0.1, 0.15) is 5.82 Å². The summed E-state index contributed by atoms with van der Waals surface area (Å²) in [4.78, 5) is 4.51. The molecule has 1 aliphatic rings. The van der Waals surface area contributed by atoms with Gasteiger partial charge in [-0.2, -0.15) is 5.10 Å². The lowest BCUT2D eigenvalue weighted by atomic mass is 10.1. The van der Waals surface area contributed by atoms with Crippen molar-refractivity contribution in [3.05, 3.63) is 11.3 Å². The van der Waals surface area contributed by atoms with Crippen molar-refractivity contribution in [1.82, 2.24) is 14.7 Å². The smallest absolute Gasteiger partial charge is 0.175 e. The molecule has 2 unspecified atom stereocenters. The largest absolute Gasteiger partial charge is 0.409 e. The lowest BCUT2D eigenvalue weighted by Crippen LogP contribution is -2.35. The lowest BCUT2D eigenvalue weighted by Gasteiger charge is -2.23. The van der Waals surface area contributed by atoms with Crippen molar-refractivity contribution in [2.24, 2.45) is 23.9 Å². The van der Waals surface area contributed by atoms with Crippen molar-refractivity contribution in [2.75, 3.05) is 32.1 Å². The van der Waals surface area contributed by atoms with E-state index < -0.39 is 0 Å². The van der Waals surface area contributed by atoms with Gasteiger partial charge in [0, 0.05) is 26.2 Å². The molecule has 7 nitrogen and oxygen atoms in total. The number of hydrogen-bond acceptors (Lipinski definition) is 5. The van der Waals surface area contributed by atoms with Crippen LogP contribution >= 0.6 is 0 Å². The summed E-state index contributed by atoms with van der Waals surface area (Å²) in [5, 5.41) is 16.5. The Hall–Kier alpha value is -1.76. The topological polar surface area (TPSA) is 82.9 Å². The van der Waals surface area contributed by atoms with Gasteiger partial charge in [0.25, 0.3) is 0 Å². The molecule has 0 spiro atoms. The number of nitrogens with zero attached hydrogens (tertiary/aromatic N) is 5. The summed E-state index contributed by atoms with van der Waals surface area (Å²) in [7, 11) is 6.09. The Morgan fingerprint density at radius 2 is 2.10 bits per heavy atom. The summed E-state index contributed by atoms with van der Waals surface area (Å²) < 4.78 is 1.81. The Morgan fingerprint density at radius 3 is 2.60 bits per heavy atom. The highest BCUT2D eigenvalue weighted by Gasteiger charge is 2.34. The van der Waals surface area contributed by atoms with Gasteiger partial charge in [-0.25, -0.2) is 0 Å². The van der Waals surface area contributed by atoms with E-state index in [0.717, 1.165) is 30.2 Å². The molecule has 2 rings (SSSR count). The van der Waals surface area contributed by atoms with Gasteiger partial charge in [0.15, 0.2) is 5.84 Å². The Morgan fingerprint density at radius 1 is 1.45 bits per heavy atom. The van der Waals surface area contributed by atoms with Crippen molar-refractivity contribution in [3.63, 3.8) is 0 Å². The Labute approximate surface area is 119 Å². The third-order valence-corrected chi connectivity index (χ3v) is 4.09. The third-order valence-electron chi connectivity index (χ3n) is 4.09. The van der Waals surface area contributed by atoms with Crippen LogP contribution in [0.15, 0.2) is 5.16 Å². The minimum Gasteiger partial charge on any atom is -0.409 e. The second-order valence-corrected chi connectivity index (χ2v) is 5.81. The number of aromatic nitrogens is 2. The zero-order chi connectivity index (χ0) is 15.0. The fourth-order valence-electron chi connectivity index (χ4n) is 3.15. The molecule has 0 radical (unpaired) electrons. The van der Waals surface area contributed by atoms with E-state index >= 15 is 0 Å². The Balaban J connectivity index is 2.40. The molecule has 1 fully saturated rings. The first-order valence-corrected chi connectivity index (χ1v) is 6.79. The van der Waals surface area contributed by atoms with E-state index in [9.17, 15) is 0 Å². The van der Waals surface area contributed by atoms with Gasteiger partial charge in [-0.1, -0.05) is 12.1 Å². The van der Waals surface area contributed by atoms with Crippen LogP contribution in [0.25, 0.3) is 0 Å². The maximum atomic E-state index is 8.98. The zero-order valence-electron chi connectivity index (χ0n) is 12.8. The van der Waals surface area contributed by atoms with E-state index in [-0.39, 0.29) is 5.84 Å². The molecule has 2 atom stereocenters. The molecule has 1 aromatic rings. The van der Waals surface area contributed by atoms with Gasteiger partial charge in [0.05, 0.1) is 11.3 Å². The third kappa shape index (κ3) is 2.33. The van der Waals surface area contributed by atoms with Crippen molar-refractivity contribution in [1.29, 1.82) is 0 Å². The quantitative estimate of drug-likeness (QED) is 0.358. The van der Waals surface area contributed by atoms with Gasteiger partial charge in [-0.05, 0) is 26.9 Å². The number of aryl methyl sites for hydroxylation is 2. The first-order chi connectivity index (χ1) is 9.36. The molecule has 3 N–H and O–H groups in total. The minimum absolute atomic E-state index is 0.117. The highest BCUT2D eigenvalue weighted by Crippen LogP contribution is 2.30. The highest BCUT2D eigenvalue weighted by molar-refractivity contribution is 6.02. The first kappa shape index (κ1) is 14.6. The van der Waals surface area contributed by atoms with E-state index in [2.05, 4.69) is 41.1 Å². The van der Waals surface area contributed by atoms with Gasteiger partial charge in [-0.15, -0.1) is 0 Å². The fraction of sp³-hybridized carbons (Fsp3) is 0.692. The van der Waals surface area contributed by atoms with E-state index in [4.69, 9.17) is 10.9 Å². The van der Waals surface area contributed by atoms with Crippen LogP contribution in [0, 0.1) is 12.8 Å². The van der Waals surface area contributed by atoms with E-state index in [1.165, 1.54) is 0 Å². The molecule has 2 heterocycles. The number of anilines is 1. The summed E-state index contributed by atoms with van der Waals surface area (Å²) in [6, 6.07) is 0.491. The SMILES string of the molecule is Cc1nn(C)c(N2CC(C)C(N(C)C)C2)c1C(N)=NO. The van der Waals surface area contributed by atoms with Crippen molar-refractivity contribution in [3.8, 4) is 0 Å². The molecule has 1 aliphatic heterocycles. The molecular weight excluding hydrogens is 256 g/mol. The second kappa shape index (κ2) is 5.32. The van der Waals surface area contributed by atoms with Crippen LogP contribution in [-0.4, -0.2) is 58.9 Å². The van der Waals surface area contributed by atoms with Crippen LogP contribution in [0.1, 0.15) is 18.2 Å². The number of nitrogens with two attached hydrogens (primary N) is 1. The lowest BCUT2D eigenvalue weighted by molar-refractivity contribution is 0.266. The highest BCUT2D eigenvalue weighted by atomic mass is 16.4. The zero-order valence-corrected chi connectivity index (χ0v) is 12.8. The average Bonchev–Trinajstić information content (AvgIpc) is 2.88. The first-order valence-electron chi connectivity index (χ1n) is 6.79. The number of rotatable bonds is 3. The van der Waals surface area contributed by atoms with Crippen LogP contribution in [0.3, 0.4) is 0 Å². The minimum atomic E-state index is 0.117. The summed E-state index contributed by atoms with van der Waals surface area (Å²) in [6.45, 7) is 5.98. The van der Waals surface area contributed by atoms with E-state index in [1.807, 2.05) is 18.7 Å². The molecule has 1 saturated heterocycles. The van der Waals surface area contributed by atoms with Crippen LogP contribution in [0.5, 0.6) is 0 Å². The fourth-order valence-corrected chi connectivity index (χ4v) is 3.15. The monoisotopic (exact) mass is 280 g/mol. The molecule has 0 aliphatic carbocycles. The molecule has 0 saturated carbocycles. The van der Waals surface area contributed by atoms with Crippen LogP contribution in [-0.2, 0) is 7.05 Å². The normalized spacial score (nSPS) is 23.9. The molecule has 112 valence electrons. The summed E-state index contributed by atoms with van der Waals surface area (Å²) in [5.41, 5.74) is 7.32. The van der Waals surface area contributed by atoms with Crippen LogP contribution in [0.2, 0.25) is 0 Å². The number of oxime groups is 1. The molecule has 7 heteroatoms. The molecule has 20 heavy (non-hydrogen) atoms. The Bertz CT molecular complexity index is 521. The summed E-state index contributed by atoms with van der Waals surface area (Å²) in [6.07, 6.45) is 0. The van der Waals surface area contributed by atoms with E-state index in [1.54, 1.807) is 0 Å². The standard InChI is InChI=1S/C13H24N6O/c1-8-6-19(7-10(8)17(3)4)13-11(12(14)16-20)9(2)15-18(13)5/h8,10,20H,6-7H2,1-5H3,(H2,14,16). The van der Waals surface area contributed by atoms with Gasteiger partial charge in [-0.3, -0.25) is 4.68 Å². The molecule has 0 aromatic carbocycles. The predicted molar refractivity (Wildman–Crippen MR) is 79.3 cm³/mol. The van der Waals surface area contributed by atoms with Crippen molar-refractivity contribution in [2.45, 2.75) is 19.9 Å². The number of amidine groups is 1. The molecule has 0 bridgehead atoms. The second-order valence-electron chi connectivity index (χ2n) is 5.81. The number of hydrogen-bond donors (Lipinski definition) is 2. The number of likely N-dealkylation sites (N-methyl/N-ethyl adjacent to an activating group) is 1.